The SMILES string of the molecule is Brc1cc(Br)on1. The average molecular weight is 227 g/mol. The molecule has 0 atom stereocenters. The van der Waals surface area contributed by atoms with E-state index in [-0.39, 0.29) is 0 Å². The van der Waals surface area contributed by atoms with E-state index in [0.29, 0.717) is 9.27 Å². The van der Waals surface area contributed by atoms with Crippen LogP contribution in [0, 0.1) is 0 Å². The van der Waals surface area contributed by atoms with Gasteiger partial charge in [0.15, 0.2) is 0 Å². The highest BCUT2D eigenvalue weighted by Gasteiger charge is 1.92. The molecule has 0 aliphatic rings. The predicted molar refractivity (Wildman–Crippen MR) is 31.9 cm³/mol. The summed E-state index contributed by atoms with van der Waals surface area (Å²) in [6, 6.07) is 1.72. The lowest BCUT2D eigenvalue weighted by atomic mass is 10.8. The minimum atomic E-state index is 0.638. The van der Waals surface area contributed by atoms with Crippen LogP contribution in [0.25, 0.3) is 0 Å². The lowest BCUT2D eigenvalue weighted by molar-refractivity contribution is 0.396. The molecule has 0 aliphatic heterocycles. The first kappa shape index (κ1) is 5.31. The molecule has 1 rings (SSSR count). The van der Waals surface area contributed by atoms with Gasteiger partial charge in [-0.2, -0.15) is 0 Å². The van der Waals surface area contributed by atoms with Crippen LogP contribution in [0.4, 0.5) is 0 Å². The smallest absolute Gasteiger partial charge is 0.203 e. The van der Waals surface area contributed by atoms with Crippen LogP contribution in [0.2, 0.25) is 0 Å². The van der Waals surface area contributed by atoms with Gasteiger partial charge in [-0.05, 0) is 31.9 Å². The second-order valence-electron chi connectivity index (χ2n) is 0.954. The monoisotopic (exact) mass is 225 g/mol. The van der Waals surface area contributed by atoms with Gasteiger partial charge in [-0.3, -0.25) is 0 Å². The average Bonchev–Trinajstić information content (AvgIpc) is 1.87. The van der Waals surface area contributed by atoms with Crippen LogP contribution in [-0.2, 0) is 0 Å². The molecule has 0 saturated carbocycles. The zero-order chi connectivity index (χ0) is 5.28. The van der Waals surface area contributed by atoms with Crippen LogP contribution < -0.4 is 0 Å². The summed E-state index contributed by atoms with van der Waals surface area (Å²) < 4.78 is 5.93. The topological polar surface area (TPSA) is 26.0 Å². The molecule has 0 aromatic carbocycles. The van der Waals surface area contributed by atoms with Crippen molar-refractivity contribution in [3.63, 3.8) is 0 Å². The highest BCUT2D eigenvalue weighted by molar-refractivity contribution is 9.11. The Morgan fingerprint density at radius 3 is 2.43 bits per heavy atom. The Morgan fingerprint density at radius 2 is 2.29 bits per heavy atom. The van der Waals surface area contributed by atoms with Crippen molar-refractivity contribution >= 4 is 31.9 Å². The third kappa shape index (κ3) is 1.28. The Morgan fingerprint density at radius 1 is 1.57 bits per heavy atom. The van der Waals surface area contributed by atoms with Crippen LogP contribution in [0.3, 0.4) is 0 Å². The summed E-state index contributed by atoms with van der Waals surface area (Å²) in [5.74, 6) is 0. The van der Waals surface area contributed by atoms with Gasteiger partial charge in [0.25, 0.3) is 0 Å². The van der Waals surface area contributed by atoms with E-state index in [0.717, 1.165) is 0 Å². The highest BCUT2D eigenvalue weighted by Crippen LogP contribution is 2.14. The van der Waals surface area contributed by atoms with E-state index < -0.39 is 0 Å². The van der Waals surface area contributed by atoms with E-state index in [1.54, 1.807) is 6.07 Å². The largest absolute Gasteiger partial charge is 0.348 e. The molecule has 2 nitrogen and oxygen atoms in total. The Balaban J connectivity index is 3.04. The summed E-state index contributed by atoms with van der Waals surface area (Å²) in [4.78, 5) is 0. The maximum atomic E-state index is 4.58. The summed E-state index contributed by atoms with van der Waals surface area (Å²) in [5, 5.41) is 3.51. The first-order valence-corrected chi connectivity index (χ1v) is 3.15. The number of aromatic nitrogens is 1. The lowest BCUT2D eigenvalue weighted by Crippen LogP contribution is -1.50. The van der Waals surface area contributed by atoms with Crippen molar-refractivity contribution in [2.45, 2.75) is 0 Å². The summed E-state index contributed by atoms with van der Waals surface area (Å²) >= 11 is 6.17. The third-order valence-electron chi connectivity index (χ3n) is 0.453. The fourth-order valence-electron chi connectivity index (χ4n) is 0.234. The molecule has 4 heteroatoms. The van der Waals surface area contributed by atoms with E-state index in [4.69, 9.17) is 0 Å². The maximum Gasteiger partial charge on any atom is 0.203 e. The van der Waals surface area contributed by atoms with Gasteiger partial charge in [-0.15, -0.1) is 0 Å². The Bertz CT molecular complexity index is 145. The van der Waals surface area contributed by atoms with Gasteiger partial charge in [0.05, 0.1) is 0 Å². The molecule has 0 aliphatic carbocycles. The van der Waals surface area contributed by atoms with E-state index in [1.807, 2.05) is 0 Å². The van der Waals surface area contributed by atoms with Crippen molar-refractivity contribution in [2.75, 3.05) is 0 Å². The number of halogens is 2. The molecular weight excluding hydrogens is 226 g/mol. The van der Waals surface area contributed by atoms with Gasteiger partial charge >= 0.3 is 0 Å². The zero-order valence-corrected chi connectivity index (χ0v) is 6.36. The van der Waals surface area contributed by atoms with Gasteiger partial charge in [-0.1, -0.05) is 5.16 Å². The fraction of sp³-hybridized carbons (Fsp3) is 0. The van der Waals surface area contributed by atoms with E-state index in [9.17, 15) is 0 Å². The first-order chi connectivity index (χ1) is 3.29. The lowest BCUT2D eigenvalue weighted by Gasteiger charge is -1.62. The molecule has 1 aromatic heterocycles. The van der Waals surface area contributed by atoms with Crippen molar-refractivity contribution in [3.8, 4) is 0 Å². The van der Waals surface area contributed by atoms with Gasteiger partial charge in [0.1, 0.15) is 4.60 Å². The molecule has 1 heterocycles. The summed E-state index contributed by atoms with van der Waals surface area (Å²) in [5.41, 5.74) is 0. The molecule has 0 unspecified atom stereocenters. The third-order valence-corrected chi connectivity index (χ3v) is 1.20. The van der Waals surface area contributed by atoms with Crippen LogP contribution in [-0.4, -0.2) is 5.16 Å². The van der Waals surface area contributed by atoms with Crippen molar-refractivity contribution in [1.82, 2.24) is 5.16 Å². The molecule has 0 N–H and O–H groups in total. The Labute approximate surface area is 57.1 Å². The van der Waals surface area contributed by atoms with E-state index in [2.05, 4.69) is 41.5 Å². The normalized spacial score (nSPS) is 9.43. The minimum absolute atomic E-state index is 0.638. The first-order valence-electron chi connectivity index (χ1n) is 1.57. The maximum absolute atomic E-state index is 4.58. The molecule has 0 bridgehead atoms. The minimum Gasteiger partial charge on any atom is -0.348 e. The standard InChI is InChI=1S/C3HBr2NO/c4-2-1-3(5)7-6-2/h1H. The van der Waals surface area contributed by atoms with Gasteiger partial charge in [0, 0.05) is 6.07 Å². The predicted octanol–water partition coefficient (Wildman–Crippen LogP) is 2.20. The van der Waals surface area contributed by atoms with Crippen LogP contribution in [0.5, 0.6) is 0 Å². The number of hydrogen-bond donors (Lipinski definition) is 0. The molecule has 1 aromatic rings. The molecular formula is C3HBr2NO. The molecule has 0 spiro atoms. The molecule has 7 heavy (non-hydrogen) atoms. The van der Waals surface area contributed by atoms with Crippen LogP contribution >= 0.6 is 31.9 Å². The van der Waals surface area contributed by atoms with Crippen molar-refractivity contribution in [2.24, 2.45) is 0 Å². The molecule has 0 amide bonds. The summed E-state index contributed by atoms with van der Waals surface area (Å²) in [6.45, 7) is 0. The fourth-order valence-corrected chi connectivity index (χ4v) is 1.11. The summed E-state index contributed by atoms with van der Waals surface area (Å²) in [7, 11) is 0. The van der Waals surface area contributed by atoms with Crippen molar-refractivity contribution < 1.29 is 4.52 Å². The number of rotatable bonds is 0. The van der Waals surface area contributed by atoms with E-state index in [1.165, 1.54) is 0 Å². The molecule has 0 fully saturated rings. The van der Waals surface area contributed by atoms with Gasteiger partial charge < -0.3 is 4.52 Å². The highest BCUT2D eigenvalue weighted by atomic mass is 79.9. The molecule has 38 valence electrons. The van der Waals surface area contributed by atoms with Gasteiger partial charge in [-0.25, -0.2) is 0 Å². The number of hydrogen-bond acceptors (Lipinski definition) is 2. The van der Waals surface area contributed by atoms with Gasteiger partial charge in [0.2, 0.25) is 4.67 Å². The second-order valence-corrected chi connectivity index (χ2v) is 2.55. The van der Waals surface area contributed by atoms with Crippen LogP contribution in [0.1, 0.15) is 0 Å². The van der Waals surface area contributed by atoms with E-state index >= 15 is 0 Å². The summed E-state index contributed by atoms with van der Waals surface area (Å²) in [6.07, 6.45) is 0. The Hall–Kier alpha value is 0.170. The molecule has 0 saturated heterocycles. The van der Waals surface area contributed by atoms with Crippen LogP contribution in [0.15, 0.2) is 19.9 Å². The quantitative estimate of drug-likeness (QED) is 0.678. The Kier molecular flexibility index (Phi) is 1.49. The molecule has 0 radical (unpaired) electrons. The van der Waals surface area contributed by atoms with Crippen molar-refractivity contribution in [1.29, 1.82) is 0 Å². The van der Waals surface area contributed by atoms with Crippen molar-refractivity contribution in [3.05, 3.63) is 15.3 Å². The second kappa shape index (κ2) is 1.96. The zero-order valence-electron chi connectivity index (χ0n) is 3.19. The number of nitrogens with zero attached hydrogens (tertiary/aromatic N) is 1.